The van der Waals surface area contributed by atoms with Gasteiger partial charge in [-0.2, -0.15) is 5.26 Å². The van der Waals surface area contributed by atoms with Crippen molar-refractivity contribution in [3.8, 4) is 11.8 Å². The third-order valence-electron chi connectivity index (χ3n) is 3.89. The standard InChI is InChI=1S/C16H22N2O2/c1-13-7-9-18(12-15(13)19)8-4-10-20-16-6-3-2-5-14(16)11-17/h2-3,5-6,13,15,19H,4,7-10,12H2,1H3. The Morgan fingerprint density at radius 2 is 2.25 bits per heavy atom. The summed E-state index contributed by atoms with van der Waals surface area (Å²) in [5.41, 5.74) is 0.578. The number of para-hydroxylation sites is 1. The number of benzene rings is 1. The van der Waals surface area contributed by atoms with Gasteiger partial charge in [0.25, 0.3) is 0 Å². The number of nitriles is 1. The number of ether oxygens (including phenoxy) is 1. The van der Waals surface area contributed by atoms with Gasteiger partial charge in [0.2, 0.25) is 0 Å². The maximum Gasteiger partial charge on any atom is 0.137 e. The van der Waals surface area contributed by atoms with Gasteiger partial charge in [0, 0.05) is 13.1 Å². The molecule has 1 aliphatic heterocycles. The van der Waals surface area contributed by atoms with Gasteiger partial charge in [0.1, 0.15) is 11.8 Å². The lowest BCUT2D eigenvalue weighted by atomic mass is 9.96. The number of aliphatic hydroxyl groups excluding tert-OH is 1. The second-order valence-corrected chi connectivity index (χ2v) is 5.44. The van der Waals surface area contributed by atoms with E-state index in [1.165, 1.54) is 0 Å². The molecule has 4 nitrogen and oxygen atoms in total. The van der Waals surface area contributed by atoms with Gasteiger partial charge in [-0.15, -0.1) is 0 Å². The van der Waals surface area contributed by atoms with Crippen molar-refractivity contribution >= 4 is 0 Å². The van der Waals surface area contributed by atoms with Crippen LogP contribution in [0.1, 0.15) is 25.3 Å². The highest BCUT2D eigenvalue weighted by Crippen LogP contribution is 2.18. The number of rotatable bonds is 5. The second-order valence-electron chi connectivity index (χ2n) is 5.44. The largest absolute Gasteiger partial charge is 0.492 e. The van der Waals surface area contributed by atoms with Crippen molar-refractivity contribution in [3.05, 3.63) is 29.8 Å². The average molecular weight is 274 g/mol. The molecule has 1 N–H and O–H groups in total. The lowest BCUT2D eigenvalue weighted by Crippen LogP contribution is -2.43. The van der Waals surface area contributed by atoms with Crippen molar-refractivity contribution in [2.24, 2.45) is 5.92 Å². The normalized spacial score (nSPS) is 23.2. The summed E-state index contributed by atoms with van der Waals surface area (Å²) >= 11 is 0. The molecule has 0 aromatic heterocycles. The van der Waals surface area contributed by atoms with Crippen LogP contribution >= 0.6 is 0 Å². The van der Waals surface area contributed by atoms with E-state index in [9.17, 15) is 5.11 Å². The molecule has 2 unspecified atom stereocenters. The quantitative estimate of drug-likeness (QED) is 0.835. The van der Waals surface area contributed by atoms with Crippen LogP contribution in [0.15, 0.2) is 24.3 Å². The van der Waals surface area contributed by atoms with Gasteiger partial charge in [-0.3, -0.25) is 0 Å². The third-order valence-corrected chi connectivity index (χ3v) is 3.89. The Morgan fingerprint density at radius 1 is 1.45 bits per heavy atom. The molecule has 1 aromatic rings. The van der Waals surface area contributed by atoms with Crippen molar-refractivity contribution in [2.75, 3.05) is 26.2 Å². The van der Waals surface area contributed by atoms with Crippen molar-refractivity contribution in [3.63, 3.8) is 0 Å². The maximum absolute atomic E-state index is 9.84. The Morgan fingerprint density at radius 3 is 3.00 bits per heavy atom. The minimum atomic E-state index is -0.205. The van der Waals surface area contributed by atoms with Crippen molar-refractivity contribution in [1.29, 1.82) is 5.26 Å². The molecule has 0 saturated carbocycles. The molecule has 1 fully saturated rings. The fraction of sp³-hybridized carbons (Fsp3) is 0.562. The van der Waals surface area contributed by atoms with Gasteiger partial charge in [-0.1, -0.05) is 19.1 Å². The molecule has 20 heavy (non-hydrogen) atoms. The number of likely N-dealkylation sites (tertiary alicyclic amines) is 1. The van der Waals surface area contributed by atoms with E-state index >= 15 is 0 Å². The number of hydrogen-bond acceptors (Lipinski definition) is 4. The zero-order chi connectivity index (χ0) is 14.4. The molecule has 0 amide bonds. The first kappa shape index (κ1) is 14.8. The van der Waals surface area contributed by atoms with Crippen LogP contribution in [0.5, 0.6) is 5.75 Å². The summed E-state index contributed by atoms with van der Waals surface area (Å²) < 4.78 is 5.66. The molecule has 108 valence electrons. The van der Waals surface area contributed by atoms with Gasteiger partial charge in [-0.05, 0) is 37.4 Å². The van der Waals surface area contributed by atoms with E-state index in [1.807, 2.05) is 18.2 Å². The van der Waals surface area contributed by atoms with Crippen LogP contribution in [-0.2, 0) is 0 Å². The molecule has 1 heterocycles. The molecule has 0 aliphatic carbocycles. The summed E-state index contributed by atoms with van der Waals surface area (Å²) in [6.07, 6.45) is 1.75. The first-order valence-corrected chi connectivity index (χ1v) is 7.23. The Hall–Kier alpha value is -1.57. The monoisotopic (exact) mass is 274 g/mol. The van der Waals surface area contributed by atoms with E-state index in [1.54, 1.807) is 6.07 Å². The number of aliphatic hydroxyl groups is 1. The molecule has 0 radical (unpaired) electrons. The molecule has 4 heteroatoms. The van der Waals surface area contributed by atoms with E-state index in [2.05, 4.69) is 17.9 Å². The van der Waals surface area contributed by atoms with Crippen LogP contribution in [0, 0.1) is 17.2 Å². The molecule has 2 rings (SSSR count). The zero-order valence-electron chi connectivity index (χ0n) is 12.0. The molecule has 1 aromatic carbocycles. The van der Waals surface area contributed by atoms with E-state index in [4.69, 9.17) is 10.00 Å². The number of β-amino-alcohol motifs (C(OH)–C–C–N with tert-alkyl or cyclic N) is 1. The topological polar surface area (TPSA) is 56.5 Å². The Kier molecular flexibility index (Phi) is 5.40. The van der Waals surface area contributed by atoms with Crippen molar-refractivity contribution in [1.82, 2.24) is 4.90 Å². The van der Waals surface area contributed by atoms with Crippen LogP contribution in [0.3, 0.4) is 0 Å². The molecule has 0 spiro atoms. The van der Waals surface area contributed by atoms with Crippen LogP contribution in [0.4, 0.5) is 0 Å². The average Bonchev–Trinajstić information content (AvgIpc) is 2.47. The van der Waals surface area contributed by atoms with Gasteiger partial charge in [-0.25, -0.2) is 0 Å². The van der Waals surface area contributed by atoms with Crippen LogP contribution in [-0.4, -0.2) is 42.4 Å². The van der Waals surface area contributed by atoms with E-state index in [0.29, 0.717) is 23.8 Å². The van der Waals surface area contributed by atoms with Gasteiger partial charge >= 0.3 is 0 Å². The Balaban J connectivity index is 1.71. The maximum atomic E-state index is 9.84. The highest BCUT2D eigenvalue weighted by Gasteiger charge is 2.23. The minimum absolute atomic E-state index is 0.205. The number of piperidine rings is 1. The highest BCUT2D eigenvalue weighted by atomic mass is 16.5. The SMILES string of the molecule is CC1CCN(CCCOc2ccccc2C#N)CC1O. The van der Waals surface area contributed by atoms with Crippen LogP contribution in [0.2, 0.25) is 0 Å². The Bertz CT molecular complexity index is 470. The third kappa shape index (κ3) is 3.96. The predicted molar refractivity (Wildman–Crippen MR) is 77.5 cm³/mol. The lowest BCUT2D eigenvalue weighted by molar-refractivity contribution is 0.0275. The van der Waals surface area contributed by atoms with E-state index < -0.39 is 0 Å². The summed E-state index contributed by atoms with van der Waals surface area (Å²) in [6, 6.07) is 9.42. The molecule has 1 aliphatic rings. The number of hydrogen-bond donors (Lipinski definition) is 1. The summed E-state index contributed by atoms with van der Waals surface area (Å²) in [5.74, 6) is 1.06. The van der Waals surface area contributed by atoms with Crippen molar-refractivity contribution < 1.29 is 9.84 Å². The fourth-order valence-corrected chi connectivity index (χ4v) is 2.47. The first-order chi connectivity index (χ1) is 9.70. The summed E-state index contributed by atoms with van der Waals surface area (Å²) in [4.78, 5) is 2.28. The molecule has 1 saturated heterocycles. The minimum Gasteiger partial charge on any atom is -0.492 e. The summed E-state index contributed by atoms with van der Waals surface area (Å²) in [7, 11) is 0. The molecule has 2 atom stereocenters. The fourth-order valence-electron chi connectivity index (χ4n) is 2.47. The van der Waals surface area contributed by atoms with E-state index in [-0.39, 0.29) is 6.10 Å². The molecular formula is C16H22N2O2. The van der Waals surface area contributed by atoms with E-state index in [0.717, 1.165) is 32.5 Å². The second kappa shape index (κ2) is 7.28. The molecular weight excluding hydrogens is 252 g/mol. The zero-order valence-corrected chi connectivity index (χ0v) is 12.0. The number of nitrogens with zero attached hydrogens (tertiary/aromatic N) is 2. The highest BCUT2D eigenvalue weighted by molar-refractivity contribution is 5.42. The first-order valence-electron chi connectivity index (χ1n) is 7.23. The van der Waals surface area contributed by atoms with Gasteiger partial charge in [0.15, 0.2) is 0 Å². The Labute approximate surface area is 120 Å². The predicted octanol–water partition coefficient (Wildman–Crippen LogP) is 2.03. The molecule has 0 bridgehead atoms. The summed E-state index contributed by atoms with van der Waals surface area (Å²) in [6.45, 7) is 5.44. The van der Waals surface area contributed by atoms with Crippen molar-refractivity contribution in [2.45, 2.75) is 25.9 Å². The van der Waals surface area contributed by atoms with Crippen LogP contribution < -0.4 is 4.74 Å². The lowest BCUT2D eigenvalue weighted by Gasteiger charge is -2.34. The summed E-state index contributed by atoms with van der Waals surface area (Å²) in [5, 5.41) is 18.8. The van der Waals surface area contributed by atoms with Crippen LogP contribution in [0.25, 0.3) is 0 Å². The van der Waals surface area contributed by atoms with Gasteiger partial charge < -0.3 is 14.7 Å². The smallest absolute Gasteiger partial charge is 0.137 e. The van der Waals surface area contributed by atoms with Gasteiger partial charge in [0.05, 0.1) is 18.3 Å².